The highest BCUT2D eigenvalue weighted by atomic mass is 79.9. The Kier molecular flexibility index (Phi) is 4.43. The molecule has 0 atom stereocenters. The Hall–Kier alpha value is -1.35. The number of nitro benzene ring substituents is 1. The molecule has 1 saturated heterocycles. The minimum absolute atomic E-state index is 0.186. The maximum absolute atomic E-state index is 13.3. The standard InChI is InChI=1S/C12H13BrF3N3O2/c1-17-4-6-18(7-5-17)11-9(19(20)21)3-2-8(13)10(11)12(14,15)16/h2-3H,4-7H2,1H3. The number of piperazine rings is 1. The molecule has 1 fully saturated rings. The van der Waals surface area contributed by atoms with Crippen LogP contribution in [-0.4, -0.2) is 43.0 Å². The quantitative estimate of drug-likeness (QED) is 0.595. The third kappa shape index (κ3) is 3.29. The molecule has 9 heteroatoms. The van der Waals surface area contributed by atoms with Gasteiger partial charge in [0, 0.05) is 36.7 Å². The molecule has 0 amide bonds. The number of likely N-dealkylation sites (N-methyl/N-ethyl adjacent to an activating group) is 1. The second-order valence-electron chi connectivity index (χ2n) is 4.84. The van der Waals surface area contributed by atoms with Gasteiger partial charge < -0.3 is 9.80 Å². The van der Waals surface area contributed by atoms with Crippen molar-refractivity contribution in [3.8, 4) is 0 Å². The largest absolute Gasteiger partial charge is 0.419 e. The smallest absolute Gasteiger partial charge is 0.363 e. The number of nitro groups is 1. The van der Waals surface area contributed by atoms with E-state index in [4.69, 9.17) is 0 Å². The lowest BCUT2D eigenvalue weighted by atomic mass is 10.1. The Morgan fingerprint density at radius 3 is 2.29 bits per heavy atom. The van der Waals surface area contributed by atoms with Crippen LogP contribution in [0.2, 0.25) is 0 Å². The minimum Gasteiger partial charge on any atom is -0.363 e. The average Bonchev–Trinajstić information content (AvgIpc) is 2.37. The van der Waals surface area contributed by atoms with Crippen LogP contribution >= 0.6 is 15.9 Å². The number of rotatable bonds is 2. The highest BCUT2D eigenvalue weighted by molar-refractivity contribution is 9.10. The van der Waals surface area contributed by atoms with Gasteiger partial charge in [0.05, 0.1) is 4.92 Å². The van der Waals surface area contributed by atoms with Crippen molar-refractivity contribution in [2.24, 2.45) is 0 Å². The maximum Gasteiger partial charge on any atom is 0.419 e. The summed E-state index contributed by atoms with van der Waals surface area (Å²) >= 11 is 2.87. The van der Waals surface area contributed by atoms with Crippen molar-refractivity contribution in [2.75, 3.05) is 38.1 Å². The molecule has 1 aliphatic rings. The van der Waals surface area contributed by atoms with Gasteiger partial charge in [-0.15, -0.1) is 0 Å². The fraction of sp³-hybridized carbons (Fsp3) is 0.500. The first-order valence-electron chi connectivity index (χ1n) is 6.19. The number of anilines is 1. The van der Waals surface area contributed by atoms with Crippen LogP contribution in [0.3, 0.4) is 0 Å². The van der Waals surface area contributed by atoms with Crippen LogP contribution in [0.25, 0.3) is 0 Å². The van der Waals surface area contributed by atoms with Crippen LogP contribution in [0, 0.1) is 10.1 Å². The molecule has 2 rings (SSSR count). The summed E-state index contributed by atoms with van der Waals surface area (Å²) in [6.45, 7) is 1.75. The van der Waals surface area contributed by atoms with Crippen LogP contribution < -0.4 is 4.90 Å². The Morgan fingerprint density at radius 1 is 1.24 bits per heavy atom. The van der Waals surface area contributed by atoms with E-state index >= 15 is 0 Å². The number of hydrogen-bond donors (Lipinski definition) is 0. The van der Waals surface area contributed by atoms with Crippen molar-refractivity contribution >= 4 is 27.3 Å². The Balaban J connectivity index is 2.59. The summed E-state index contributed by atoms with van der Waals surface area (Å²) in [6.07, 6.45) is -4.66. The van der Waals surface area contributed by atoms with Crippen molar-refractivity contribution in [1.82, 2.24) is 4.90 Å². The van der Waals surface area contributed by atoms with Gasteiger partial charge in [-0.3, -0.25) is 10.1 Å². The average molecular weight is 368 g/mol. The molecule has 0 spiro atoms. The van der Waals surface area contributed by atoms with Gasteiger partial charge in [-0.1, -0.05) is 15.9 Å². The molecule has 1 aromatic rings. The molecule has 0 N–H and O–H groups in total. The highest BCUT2D eigenvalue weighted by Crippen LogP contribution is 2.46. The zero-order valence-electron chi connectivity index (χ0n) is 11.2. The van der Waals surface area contributed by atoms with Crippen LogP contribution in [0.1, 0.15) is 5.56 Å². The zero-order valence-corrected chi connectivity index (χ0v) is 12.7. The normalized spacial score (nSPS) is 17.1. The van der Waals surface area contributed by atoms with Crippen molar-refractivity contribution in [2.45, 2.75) is 6.18 Å². The Labute approximate surface area is 127 Å². The first-order chi connectivity index (χ1) is 9.71. The molecule has 1 heterocycles. The van der Waals surface area contributed by atoms with Gasteiger partial charge in [0.1, 0.15) is 11.3 Å². The van der Waals surface area contributed by atoms with Gasteiger partial charge >= 0.3 is 6.18 Å². The monoisotopic (exact) mass is 367 g/mol. The fourth-order valence-corrected chi connectivity index (χ4v) is 2.87. The summed E-state index contributed by atoms with van der Waals surface area (Å²) in [5.41, 5.74) is -1.86. The van der Waals surface area contributed by atoms with E-state index < -0.39 is 22.4 Å². The van der Waals surface area contributed by atoms with E-state index in [1.54, 1.807) is 0 Å². The molecule has 1 aliphatic heterocycles. The Morgan fingerprint density at radius 2 is 1.81 bits per heavy atom. The fourth-order valence-electron chi connectivity index (χ4n) is 2.32. The van der Waals surface area contributed by atoms with Gasteiger partial charge in [-0.25, -0.2) is 0 Å². The molecule has 0 aliphatic carbocycles. The SMILES string of the molecule is CN1CCN(c2c([N+](=O)[O-])ccc(Br)c2C(F)(F)F)CC1. The summed E-state index contributed by atoms with van der Waals surface area (Å²) in [6, 6.07) is 2.17. The van der Waals surface area contributed by atoms with E-state index in [0.717, 1.165) is 12.1 Å². The molecule has 21 heavy (non-hydrogen) atoms. The first-order valence-corrected chi connectivity index (χ1v) is 6.98. The van der Waals surface area contributed by atoms with Crippen molar-refractivity contribution in [3.63, 3.8) is 0 Å². The molecular weight excluding hydrogens is 355 g/mol. The third-order valence-electron chi connectivity index (χ3n) is 3.41. The predicted molar refractivity (Wildman–Crippen MR) is 75.5 cm³/mol. The number of halogens is 4. The summed E-state index contributed by atoms with van der Waals surface area (Å²) in [7, 11) is 1.86. The molecule has 0 unspecified atom stereocenters. The van der Waals surface area contributed by atoms with E-state index in [2.05, 4.69) is 15.9 Å². The van der Waals surface area contributed by atoms with E-state index in [-0.39, 0.29) is 10.2 Å². The highest BCUT2D eigenvalue weighted by Gasteiger charge is 2.41. The molecule has 0 bridgehead atoms. The first kappa shape index (κ1) is 16.0. The van der Waals surface area contributed by atoms with Crippen LogP contribution in [-0.2, 0) is 6.18 Å². The summed E-state index contributed by atoms with van der Waals surface area (Å²) in [5.74, 6) is 0. The minimum atomic E-state index is -4.66. The van der Waals surface area contributed by atoms with Gasteiger partial charge in [0.25, 0.3) is 5.69 Å². The van der Waals surface area contributed by atoms with Gasteiger partial charge in [0.15, 0.2) is 0 Å². The van der Waals surface area contributed by atoms with Gasteiger partial charge in [-0.2, -0.15) is 13.2 Å². The third-order valence-corrected chi connectivity index (χ3v) is 4.07. The van der Waals surface area contributed by atoms with E-state index in [1.165, 1.54) is 4.90 Å². The molecule has 0 saturated carbocycles. The lowest BCUT2D eigenvalue weighted by molar-refractivity contribution is -0.384. The van der Waals surface area contributed by atoms with Gasteiger partial charge in [-0.05, 0) is 13.1 Å². The van der Waals surface area contributed by atoms with Crippen LogP contribution in [0.15, 0.2) is 16.6 Å². The van der Waals surface area contributed by atoms with E-state index in [1.807, 2.05) is 11.9 Å². The summed E-state index contributed by atoms with van der Waals surface area (Å²) < 4.78 is 39.7. The summed E-state index contributed by atoms with van der Waals surface area (Å²) in [5, 5.41) is 11.1. The molecule has 5 nitrogen and oxygen atoms in total. The molecule has 116 valence electrons. The lowest BCUT2D eigenvalue weighted by Crippen LogP contribution is -2.45. The van der Waals surface area contributed by atoms with E-state index in [9.17, 15) is 23.3 Å². The van der Waals surface area contributed by atoms with Crippen LogP contribution in [0.5, 0.6) is 0 Å². The van der Waals surface area contributed by atoms with Crippen LogP contribution in [0.4, 0.5) is 24.5 Å². The molecule has 0 radical (unpaired) electrons. The Bertz CT molecular complexity index is 557. The number of hydrogen-bond acceptors (Lipinski definition) is 4. The molecule has 1 aromatic carbocycles. The zero-order chi connectivity index (χ0) is 15.8. The second-order valence-corrected chi connectivity index (χ2v) is 5.69. The number of benzene rings is 1. The molecular formula is C12H13BrF3N3O2. The number of alkyl halides is 3. The predicted octanol–water partition coefficient (Wildman–Crippen LogP) is 3.13. The molecule has 0 aromatic heterocycles. The van der Waals surface area contributed by atoms with Gasteiger partial charge in [0.2, 0.25) is 0 Å². The summed E-state index contributed by atoms with van der Waals surface area (Å²) in [4.78, 5) is 13.7. The van der Waals surface area contributed by atoms with Crippen molar-refractivity contribution in [3.05, 3.63) is 32.3 Å². The second kappa shape index (κ2) is 5.80. The van der Waals surface area contributed by atoms with Crippen molar-refractivity contribution in [1.29, 1.82) is 0 Å². The topological polar surface area (TPSA) is 49.6 Å². The lowest BCUT2D eigenvalue weighted by Gasteiger charge is -2.35. The van der Waals surface area contributed by atoms with Crippen molar-refractivity contribution < 1.29 is 18.1 Å². The number of nitrogens with zero attached hydrogens (tertiary/aromatic N) is 3. The maximum atomic E-state index is 13.3. The van der Waals surface area contributed by atoms with E-state index in [0.29, 0.717) is 26.2 Å².